The summed E-state index contributed by atoms with van der Waals surface area (Å²) < 4.78 is 43.8. The number of anilines is 3. The Balaban J connectivity index is 1.30. The second-order valence-corrected chi connectivity index (χ2v) is 9.67. The largest absolute Gasteiger partial charge is 0.418 e. The lowest BCUT2D eigenvalue weighted by Crippen LogP contribution is -2.46. The fourth-order valence-corrected chi connectivity index (χ4v) is 4.98. The third-order valence-electron chi connectivity index (χ3n) is 7.15. The van der Waals surface area contributed by atoms with E-state index in [2.05, 4.69) is 25.8 Å². The zero-order chi connectivity index (χ0) is 29.1. The molecule has 1 saturated heterocycles. The van der Waals surface area contributed by atoms with Crippen LogP contribution < -0.4 is 20.9 Å². The first kappa shape index (κ1) is 28.0. The van der Waals surface area contributed by atoms with Gasteiger partial charge in [-0.3, -0.25) is 9.78 Å². The van der Waals surface area contributed by atoms with Crippen LogP contribution in [0.5, 0.6) is 0 Å². The monoisotopic (exact) mass is 565 g/mol. The highest BCUT2D eigenvalue weighted by atomic mass is 19.4. The first-order valence-corrected chi connectivity index (χ1v) is 13.2. The molecule has 1 aliphatic heterocycles. The van der Waals surface area contributed by atoms with Gasteiger partial charge in [0.15, 0.2) is 0 Å². The van der Waals surface area contributed by atoms with Crippen molar-refractivity contribution < 1.29 is 22.8 Å². The molecule has 0 bridgehead atoms. The van der Waals surface area contributed by atoms with Crippen molar-refractivity contribution >= 4 is 39.9 Å². The van der Waals surface area contributed by atoms with Gasteiger partial charge in [0.05, 0.1) is 11.1 Å². The Morgan fingerprint density at radius 2 is 1.63 bits per heavy atom. The van der Waals surface area contributed by atoms with Crippen molar-refractivity contribution in [2.45, 2.75) is 13.1 Å². The number of rotatable bonds is 6. The van der Waals surface area contributed by atoms with Crippen molar-refractivity contribution in [3.63, 3.8) is 0 Å². The summed E-state index contributed by atoms with van der Waals surface area (Å²) in [6.45, 7) is 5.30. The summed E-state index contributed by atoms with van der Waals surface area (Å²) in [4.78, 5) is 32.7. The lowest BCUT2D eigenvalue weighted by Gasteiger charge is -2.36. The maximum Gasteiger partial charge on any atom is 0.418 e. The Morgan fingerprint density at radius 1 is 0.927 bits per heavy atom. The molecule has 9 nitrogen and oxygen atoms in total. The van der Waals surface area contributed by atoms with Gasteiger partial charge in [0.25, 0.3) is 5.91 Å². The number of amides is 3. The minimum atomic E-state index is -4.57. The van der Waals surface area contributed by atoms with Gasteiger partial charge in [-0.25, -0.2) is 4.79 Å². The molecule has 41 heavy (non-hydrogen) atoms. The average molecular weight is 566 g/mol. The summed E-state index contributed by atoms with van der Waals surface area (Å²) in [7, 11) is 1.53. The minimum absolute atomic E-state index is 0.0441. The van der Waals surface area contributed by atoms with Gasteiger partial charge in [0.1, 0.15) is 5.69 Å². The van der Waals surface area contributed by atoms with E-state index in [0.717, 1.165) is 29.2 Å². The molecule has 0 unspecified atom stereocenters. The third-order valence-corrected chi connectivity index (χ3v) is 7.15. The molecule has 12 heteroatoms. The van der Waals surface area contributed by atoms with Crippen LogP contribution in [0.4, 0.5) is 35.0 Å². The first-order chi connectivity index (χ1) is 19.7. The Kier molecular flexibility index (Phi) is 7.84. The van der Waals surface area contributed by atoms with Crippen molar-refractivity contribution in [1.29, 1.82) is 0 Å². The van der Waals surface area contributed by atoms with Crippen LogP contribution in [0.2, 0.25) is 0 Å². The summed E-state index contributed by atoms with van der Waals surface area (Å²) in [5, 5.41) is 8.58. The van der Waals surface area contributed by atoms with Crippen molar-refractivity contribution in [1.82, 2.24) is 19.8 Å². The Labute approximate surface area is 234 Å². The molecule has 2 aromatic heterocycles. The summed E-state index contributed by atoms with van der Waals surface area (Å²) in [6.07, 6.45) is -1.19. The van der Waals surface area contributed by atoms with Crippen molar-refractivity contribution in [2.75, 3.05) is 55.3 Å². The number of aromatic nitrogens is 2. The molecule has 5 rings (SSSR count). The number of nitrogens with zero attached hydrogens (tertiary/aromatic N) is 4. The van der Waals surface area contributed by atoms with E-state index in [1.165, 1.54) is 19.2 Å². The van der Waals surface area contributed by atoms with Crippen LogP contribution >= 0.6 is 0 Å². The fraction of sp³-hybridized carbons (Fsp3) is 0.276. The van der Waals surface area contributed by atoms with Gasteiger partial charge in [-0.15, -0.1) is 0 Å². The molecule has 0 saturated carbocycles. The van der Waals surface area contributed by atoms with Gasteiger partial charge in [0, 0.05) is 73.8 Å². The number of carbonyl (C=O) groups excluding carboxylic acids is 2. The highest BCUT2D eigenvalue weighted by molar-refractivity contribution is 6.01. The van der Waals surface area contributed by atoms with E-state index in [-0.39, 0.29) is 23.0 Å². The lowest BCUT2D eigenvalue weighted by molar-refractivity contribution is -0.137. The zero-order valence-corrected chi connectivity index (χ0v) is 22.6. The minimum Gasteiger partial charge on any atom is -0.368 e. The predicted molar refractivity (Wildman–Crippen MR) is 153 cm³/mol. The maximum atomic E-state index is 14.0. The molecule has 3 heterocycles. The van der Waals surface area contributed by atoms with E-state index in [0.29, 0.717) is 31.9 Å². The number of halogens is 3. The number of piperazine rings is 1. The van der Waals surface area contributed by atoms with Crippen LogP contribution in [0, 0.1) is 0 Å². The fourth-order valence-electron chi connectivity index (χ4n) is 4.98. The lowest BCUT2D eigenvalue weighted by atomic mass is 10.1. The van der Waals surface area contributed by atoms with Crippen molar-refractivity contribution in [3.8, 4) is 5.69 Å². The molecule has 3 amide bonds. The normalized spacial score (nSPS) is 14.2. The number of nitrogens with one attached hydrogen (secondary N) is 3. The van der Waals surface area contributed by atoms with Gasteiger partial charge in [0.2, 0.25) is 0 Å². The predicted octanol–water partition coefficient (Wildman–Crippen LogP) is 5.19. The van der Waals surface area contributed by atoms with E-state index >= 15 is 0 Å². The highest BCUT2D eigenvalue weighted by Crippen LogP contribution is 2.38. The standard InChI is InChI=1S/C29H30F3N7O2/c1-3-37-12-14-38(15-13-37)26-7-5-21(17-23(26)29(30,31)32)36-28(41)35-20-4-6-25-19(16-20)9-11-39(25)22-8-10-34-24(18-22)27(40)33-2/h4-11,16-18H,3,12-15H2,1-2H3,(H,33,40)(H2,35,36,41). The maximum absolute atomic E-state index is 14.0. The Bertz CT molecular complexity index is 1580. The molecule has 0 aliphatic carbocycles. The molecule has 0 atom stereocenters. The van der Waals surface area contributed by atoms with Crippen LogP contribution in [0.25, 0.3) is 16.6 Å². The van der Waals surface area contributed by atoms with Gasteiger partial charge in [-0.2, -0.15) is 13.2 Å². The van der Waals surface area contributed by atoms with E-state index in [1.807, 2.05) is 23.8 Å². The van der Waals surface area contributed by atoms with Crippen LogP contribution in [-0.2, 0) is 6.18 Å². The van der Waals surface area contributed by atoms with Crippen LogP contribution in [0.15, 0.2) is 67.0 Å². The number of pyridine rings is 1. The number of urea groups is 1. The summed E-state index contributed by atoms with van der Waals surface area (Å²) in [5.41, 5.74) is 1.70. The third kappa shape index (κ3) is 6.12. The molecular weight excluding hydrogens is 535 g/mol. The molecule has 4 aromatic rings. The molecule has 0 spiro atoms. The quantitative estimate of drug-likeness (QED) is 0.299. The van der Waals surface area contributed by atoms with Crippen molar-refractivity contribution in [3.05, 3.63) is 78.2 Å². The van der Waals surface area contributed by atoms with Crippen molar-refractivity contribution in [2.24, 2.45) is 0 Å². The number of carbonyl (C=O) groups is 2. The molecular formula is C29H30F3N7O2. The SMILES string of the molecule is CCN1CCN(c2ccc(NC(=O)Nc3ccc4c(ccn4-c4ccnc(C(=O)NC)c4)c3)cc2C(F)(F)F)CC1. The number of likely N-dealkylation sites (N-methyl/N-ethyl adjacent to an activating group) is 1. The molecule has 214 valence electrons. The number of fused-ring (bicyclic) bond motifs is 1. The smallest absolute Gasteiger partial charge is 0.368 e. The number of alkyl halides is 3. The van der Waals surface area contributed by atoms with Gasteiger partial charge < -0.3 is 30.3 Å². The Hall–Kier alpha value is -4.58. The number of hydrogen-bond acceptors (Lipinski definition) is 5. The van der Waals surface area contributed by atoms with E-state index in [1.54, 1.807) is 41.4 Å². The summed E-state index contributed by atoms with van der Waals surface area (Å²) in [5.74, 6) is -0.299. The van der Waals surface area contributed by atoms with Crippen LogP contribution in [0.3, 0.4) is 0 Å². The second kappa shape index (κ2) is 11.5. The van der Waals surface area contributed by atoms with Crippen LogP contribution in [-0.4, -0.2) is 66.2 Å². The number of benzene rings is 2. The number of hydrogen-bond donors (Lipinski definition) is 3. The molecule has 2 aromatic carbocycles. The van der Waals surface area contributed by atoms with Gasteiger partial charge >= 0.3 is 12.2 Å². The first-order valence-electron chi connectivity index (χ1n) is 13.2. The molecule has 3 N–H and O–H groups in total. The summed E-state index contributed by atoms with van der Waals surface area (Å²) in [6, 6.07) is 13.8. The average Bonchev–Trinajstić information content (AvgIpc) is 3.39. The topological polar surface area (TPSA) is 94.5 Å². The molecule has 1 aliphatic rings. The van der Waals surface area contributed by atoms with Gasteiger partial charge in [-0.05, 0) is 61.1 Å². The second-order valence-electron chi connectivity index (χ2n) is 9.67. The van der Waals surface area contributed by atoms with E-state index in [9.17, 15) is 22.8 Å². The van der Waals surface area contributed by atoms with E-state index in [4.69, 9.17) is 0 Å². The van der Waals surface area contributed by atoms with Crippen LogP contribution in [0.1, 0.15) is 23.0 Å². The molecule has 0 radical (unpaired) electrons. The van der Waals surface area contributed by atoms with E-state index < -0.39 is 17.8 Å². The Morgan fingerprint density at radius 3 is 2.32 bits per heavy atom. The van der Waals surface area contributed by atoms with Gasteiger partial charge in [-0.1, -0.05) is 6.92 Å². The summed E-state index contributed by atoms with van der Waals surface area (Å²) >= 11 is 0. The highest BCUT2D eigenvalue weighted by Gasteiger charge is 2.36. The zero-order valence-electron chi connectivity index (χ0n) is 22.6. The molecule has 1 fully saturated rings.